The van der Waals surface area contributed by atoms with Gasteiger partial charge in [-0.2, -0.15) is 5.10 Å². The van der Waals surface area contributed by atoms with E-state index in [0.717, 1.165) is 12.6 Å². The molecule has 1 aliphatic rings. The molecule has 1 fully saturated rings. The van der Waals surface area contributed by atoms with Crippen molar-refractivity contribution in [3.63, 3.8) is 0 Å². The lowest BCUT2D eigenvalue weighted by molar-refractivity contribution is 0.167. The molecule has 0 bridgehead atoms. The van der Waals surface area contributed by atoms with Crippen LogP contribution in [-0.4, -0.2) is 44.8 Å². The minimum Gasteiger partial charge on any atom is -0.361 e. The van der Waals surface area contributed by atoms with Gasteiger partial charge >= 0.3 is 0 Å². The van der Waals surface area contributed by atoms with Gasteiger partial charge in [0.2, 0.25) is 0 Å². The molecule has 0 spiro atoms. The zero-order valence-electron chi connectivity index (χ0n) is 13.0. The van der Waals surface area contributed by atoms with E-state index in [1.165, 1.54) is 34.9 Å². The standard InChI is InChI=1S/C17H21N5/c1-21(2)14-6-13(7-14)16-8-19-17-4-3-12(5-15(16)17)9-22-11-18-10-20-22/h3-5,8,10-11,13-14,19H,6-7,9H2,1-2H3. The fraction of sp³-hybridized carbons (Fsp3) is 0.412. The van der Waals surface area contributed by atoms with Gasteiger partial charge in [-0.3, -0.25) is 0 Å². The van der Waals surface area contributed by atoms with Crippen LogP contribution in [0.5, 0.6) is 0 Å². The SMILES string of the molecule is CN(C)C1CC(c2c[nH]c3ccc(Cn4cncn4)cc23)C1. The normalized spacial score (nSPS) is 21.4. The maximum Gasteiger partial charge on any atom is 0.137 e. The van der Waals surface area contributed by atoms with Gasteiger partial charge in [0.05, 0.1) is 6.54 Å². The number of aromatic nitrogens is 4. The molecule has 0 atom stereocenters. The quantitative estimate of drug-likeness (QED) is 0.805. The molecule has 0 amide bonds. The Kier molecular flexibility index (Phi) is 3.22. The number of H-pyrrole nitrogens is 1. The third kappa shape index (κ3) is 2.31. The molecule has 0 aliphatic heterocycles. The van der Waals surface area contributed by atoms with Gasteiger partial charge in [0.25, 0.3) is 0 Å². The lowest BCUT2D eigenvalue weighted by Gasteiger charge is -2.39. The first-order valence-corrected chi connectivity index (χ1v) is 7.79. The van der Waals surface area contributed by atoms with E-state index in [-0.39, 0.29) is 0 Å². The highest BCUT2D eigenvalue weighted by atomic mass is 15.3. The predicted molar refractivity (Wildman–Crippen MR) is 86.9 cm³/mol. The molecule has 0 unspecified atom stereocenters. The van der Waals surface area contributed by atoms with Gasteiger partial charge in [0, 0.05) is 23.1 Å². The van der Waals surface area contributed by atoms with E-state index in [1.807, 2.05) is 4.68 Å². The van der Waals surface area contributed by atoms with Crippen molar-refractivity contribution in [2.75, 3.05) is 14.1 Å². The molecule has 1 saturated carbocycles. The smallest absolute Gasteiger partial charge is 0.137 e. The molecule has 2 heterocycles. The van der Waals surface area contributed by atoms with Gasteiger partial charge in [-0.15, -0.1) is 0 Å². The van der Waals surface area contributed by atoms with E-state index in [4.69, 9.17) is 0 Å². The third-order valence-corrected chi connectivity index (χ3v) is 4.87. The highest BCUT2D eigenvalue weighted by Crippen LogP contribution is 2.41. The Morgan fingerprint density at radius 2 is 2.18 bits per heavy atom. The Morgan fingerprint density at radius 1 is 1.32 bits per heavy atom. The summed E-state index contributed by atoms with van der Waals surface area (Å²) in [6.07, 6.45) is 8.05. The van der Waals surface area contributed by atoms with Crippen molar-refractivity contribution in [3.05, 3.63) is 48.2 Å². The van der Waals surface area contributed by atoms with E-state index in [2.05, 4.69) is 58.5 Å². The van der Waals surface area contributed by atoms with Crippen molar-refractivity contribution < 1.29 is 0 Å². The van der Waals surface area contributed by atoms with Crippen molar-refractivity contribution in [3.8, 4) is 0 Å². The van der Waals surface area contributed by atoms with Crippen molar-refractivity contribution in [2.45, 2.75) is 31.3 Å². The molecule has 114 valence electrons. The number of hydrogen-bond donors (Lipinski definition) is 1. The summed E-state index contributed by atoms with van der Waals surface area (Å²) in [6, 6.07) is 7.36. The molecule has 22 heavy (non-hydrogen) atoms. The number of hydrogen-bond acceptors (Lipinski definition) is 3. The highest BCUT2D eigenvalue weighted by Gasteiger charge is 2.32. The van der Waals surface area contributed by atoms with Crippen molar-refractivity contribution in [1.29, 1.82) is 0 Å². The van der Waals surface area contributed by atoms with Crippen LogP contribution in [0.15, 0.2) is 37.1 Å². The Bertz CT molecular complexity index is 766. The van der Waals surface area contributed by atoms with Crippen LogP contribution in [0.4, 0.5) is 0 Å². The molecule has 1 N–H and O–H groups in total. The minimum absolute atomic E-state index is 0.683. The van der Waals surface area contributed by atoms with Gasteiger partial charge in [-0.1, -0.05) is 6.07 Å². The Morgan fingerprint density at radius 3 is 2.91 bits per heavy atom. The van der Waals surface area contributed by atoms with Crippen LogP contribution in [-0.2, 0) is 6.54 Å². The van der Waals surface area contributed by atoms with E-state index in [1.54, 1.807) is 12.7 Å². The molecular weight excluding hydrogens is 274 g/mol. The second-order valence-corrected chi connectivity index (χ2v) is 6.50. The zero-order chi connectivity index (χ0) is 15.1. The molecular formula is C17H21N5. The molecule has 5 nitrogen and oxygen atoms in total. The average Bonchev–Trinajstić information content (AvgIpc) is 3.07. The van der Waals surface area contributed by atoms with Gasteiger partial charge in [-0.05, 0) is 56.1 Å². The summed E-state index contributed by atoms with van der Waals surface area (Å²) < 4.78 is 1.86. The monoisotopic (exact) mass is 295 g/mol. The first kappa shape index (κ1) is 13.5. The lowest BCUT2D eigenvalue weighted by atomic mass is 9.75. The summed E-state index contributed by atoms with van der Waals surface area (Å²) in [7, 11) is 4.35. The van der Waals surface area contributed by atoms with Gasteiger partial charge in [0.15, 0.2) is 0 Å². The van der Waals surface area contributed by atoms with Crippen LogP contribution in [0.25, 0.3) is 10.9 Å². The maximum absolute atomic E-state index is 4.19. The fourth-order valence-corrected chi connectivity index (χ4v) is 3.39. The number of nitrogens with one attached hydrogen (secondary N) is 1. The molecule has 0 radical (unpaired) electrons. The summed E-state index contributed by atoms with van der Waals surface area (Å²) in [4.78, 5) is 9.76. The molecule has 1 aliphatic carbocycles. The molecule has 1 aromatic carbocycles. The summed E-state index contributed by atoms with van der Waals surface area (Å²) in [5, 5.41) is 5.55. The number of rotatable bonds is 4. The van der Waals surface area contributed by atoms with E-state index in [9.17, 15) is 0 Å². The molecule has 4 rings (SSSR count). The van der Waals surface area contributed by atoms with Gasteiger partial charge in [0.1, 0.15) is 12.7 Å². The van der Waals surface area contributed by atoms with Crippen LogP contribution >= 0.6 is 0 Å². The van der Waals surface area contributed by atoms with E-state index < -0.39 is 0 Å². The zero-order valence-corrected chi connectivity index (χ0v) is 13.0. The summed E-state index contributed by atoms with van der Waals surface area (Å²) in [5.41, 5.74) is 3.96. The fourth-order valence-electron chi connectivity index (χ4n) is 3.39. The van der Waals surface area contributed by atoms with Crippen molar-refractivity contribution >= 4 is 10.9 Å². The highest BCUT2D eigenvalue weighted by molar-refractivity contribution is 5.84. The first-order valence-electron chi connectivity index (χ1n) is 7.79. The van der Waals surface area contributed by atoms with Crippen LogP contribution < -0.4 is 0 Å². The number of nitrogens with zero attached hydrogens (tertiary/aromatic N) is 4. The molecule has 3 aromatic rings. The maximum atomic E-state index is 4.19. The summed E-state index contributed by atoms with van der Waals surface area (Å²) in [5.74, 6) is 0.683. The van der Waals surface area contributed by atoms with Crippen LogP contribution in [0, 0.1) is 0 Å². The predicted octanol–water partition coefficient (Wildman–Crippen LogP) is 2.62. The molecule has 0 saturated heterocycles. The number of fused-ring (bicyclic) bond motifs is 1. The summed E-state index contributed by atoms with van der Waals surface area (Å²) in [6.45, 7) is 0.769. The van der Waals surface area contributed by atoms with Crippen LogP contribution in [0.2, 0.25) is 0 Å². The van der Waals surface area contributed by atoms with E-state index in [0.29, 0.717) is 5.92 Å². The largest absolute Gasteiger partial charge is 0.361 e. The average molecular weight is 295 g/mol. The second kappa shape index (κ2) is 5.25. The second-order valence-electron chi connectivity index (χ2n) is 6.50. The molecule has 2 aromatic heterocycles. The van der Waals surface area contributed by atoms with Gasteiger partial charge < -0.3 is 9.88 Å². The van der Waals surface area contributed by atoms with Crippen LogP contribution in [0.1, 0.15) is 29.9 Å². The molecule has 5 heteroatoms. The van der Waals surface area contributed by atoms with Gasteiger partial charge in [-0.25, -0.2) is 9.67 Å². The Hall–Kier alpha value is -2.14. The number of aromatic amines is 1. The summed E-state index contributed by atoms with van der Waals surface area (Å²) >= 11 is 0. The Balaban J connectivity index is 1.60. The van der Waals surface area contributed by atoms with Crippen molar-refractivity contribution in [2.24, 2.45) is 0 Å². The Labute approximate surface area is 130 Å². The van der Waals surface area contributed by atoms with E-state index >= 15 is 0 Å². The topological polar surface area (TPSA) is 49.7 Å². The lowest BCUT2D eigenvalue weighted by Crippen LogP contribution is -2.39. The van der Waals surface area contributed by atoms with Crippen molar-refractivity contribution in [1.82, 2.24) is 24.6 Å². The number of benzene rings is 1. The van der Waals surface area contributed by atoms with Crippen LogP contribution in [0.3, 0.4) is 0 Å². The third-order valence-electron chi connectivity index (χ3n) is 4.87. The minimum atomic E-state index is 0.683. The first-order chi connectivity index (χ1) is 10.7.